The summed E-state index contributed by atoms with van der Waals surface area (Å²) >= 11 is 8.80. The van der Waals surface area contributed by atoms with Crippen molar-refractivity contribution in [1.82, 2.24) is 5.32 Å². The Hall–Kier alpha value is 0.360. The monoisotopic (exact) mass is 365 g/mol. The van der Waals surface area contributed by atoms with Crippen LogP contribution >= 0.6 is 43.2 Å². The first-order valence-electron chi connectivity index (χ1n) is 5.40. The molecule has 90 valence electrons. The molecular formula is C12H17Br2NS. The van der Waals surface area contributed by atoms with Crippen LogP contribution in [0.1, 0.15) is 25.6 Å². The van der Waals surface area contributed by atoms with Gasteiger partial charge in [0.25, 0.3) is 0 Å². The summed E-state index contributed by atoms with van der Waals surface area (Å²) in [4.78, 5) is 1.29. The van der Waals surface area contributed by atoms with Crippen molar-refractivity contribution in [2.75, 3.05) is 13.1 Å². The van der Waals surface area contributed by atoms with Gasteiger partial charge in [0, 0.05) is 15.9 Å². The van der Waals surface area contributed by atoms with Gasteiger partial charge < -0.3 is 5.32 Å². The number of rotatable bonds is 5. The normalized spacial score (nSPS) is 12.5. The third-order valence-corrected chi connectivity index (χ3v) is 5.52. The van der Waals surface area contributed by atoms with E-state index in [0.717, 1.165) is 21.3 Å². The molecule has 1 rings (SSSR count). The molecule has 16 heavy (non-hydrogen) atoms. The van der Waals surface area contributed by atoms with Gasteiger partial charge in [-0.3, -0.25) is 0 Å². The van der Waals surface area contributed by atoms with E-state index in [4.69, 9.17) is 0 Å². The van der Waals surface area contributed by atoms with Crippen molar-refractivity contribution >= 4 is 49.3 Å². The van der Waals surface area contributed by atoms with Gasteiger partial charge in [0.2, 0.25) is 0 Å². The standard InChI is InChI=1S/C12H17Br2NS/c1-4-15-7-9(8(2)3)5-10-6-11(13)12(14)16-10/h5-6,8,15H,4,7H2,1-3H3. The molecule has 4 heteroatoms. The van der Waals surface area contributed by atoms with Crippen LogP contribution in [0.3, 0.4) is 0 Å². The zero-order valence-corrected chi connectivity index (χ0v) is 13.8. The topological polar surface area (TPSA) is 12.0 Å². The lowest BCUT2D eigenvalue weighted by atomic mass is 10.0. The molecular weight excluding hydrogens is 350 g/mol. The molecule has 0 aliphatic carbocycles. The molecule has 1 nitrogen and oxygen atoms in total. The summed E-state index contributed by atoms with van der Waals surface area (Å²) < 4.78 is 2.29. The number of hydrogen-bond donors (Lipinski definition) is 1. The summed E-state index contributed by atoms with van der Waals surface area (Å²) in [5.41, 5.74) is 1.45. The molecule has 0 amide bonds. The lowest BCUT2D eigenvalue weighted by molar-refractivity contribution is 0.683. The Labute approximate surface area is 119 Å². The molecule has 1 aromatic rings. The number of likely N-dealkylation sites (N-methyl/N-ethyl adjacent to an activating group) is 1. The van der Waals surface area contributed by atoms with Crippen molar-refractivity contribution < 1.29 is 0 Å². The minimum atomic E-state index is 0.582. The van der Waals surface area contributed by atoms with Crippen LogP contribution in [0.5, 0.6) is 0 Å². The summed E-state index contributed by atoms with van der Waals surface area (Å²) in [5.74, 6) is 0.582. The molecule has 0 aliphatic heterocycles. The van der Waals surface area contributed by atoms with Crippen LogP contribution in [0.2, 0.25) is 0 Å². The van der Waals surface area contributed by atoms with E-state index in [2.05, 4.69) is 70.1 Å². The fourth-order valence-corrected chi connectivity index (χ4v) is 3.37. The van der Waals surface area contributed by atoms with E-state index in [0.29, 0.717) is 5.92 Å². The fraction of sp³-hybridized carbons (Fsp3) is 0.500. The average molecular weight is 367 g/mol. The zero-order chi connectivity index (χ0) is 12.1. The van der Waals surface area contributed by atoms with Gasteiger partial charge in [-0.1, -0.05) is 26.3 Å². The molecule has 1 aromatic heterocycles. The number of hydrogen-bond acceptors (Lipinski definition) is 2. The third kappa shape index (κ3) is 4.32. The largest absolute Gasteiger partial charge is 0.313 e. The van der Waals surface area contributed by atoms with Crippen LogP contribution in [0.15, 0.2) is 19.9 Å². The van der Waals surface area contributed by atoms with Crippen molar-refractivity contribution in [3.8, 4) is 0 Å². The molecule has 1 heterocycles. The third-order valence-electron chi connectivity index (χ3n) is 2.31. The molecule has 0 bridgehead atoms. The highest BCUT2D eigenvalue weighted by Gasteiger charge is 2.06. The minimum Gasteiger partial charge on any atom is -0.313 e. The fourth-order valence-electron chi connectivity index (χ4n) is 1.31. The van der Waals surface area contributed by atoms with Gasteiger partial charge >= 0.3 is 0 Å². The van der Waals surface area contributed by atoms with Gasteiger partial charge in [-0.05, 0) is 56.5 Å². The highest BCUT2D eigenvalue weighted by atomic mass is 79.9. The molecule has 1 N–H and O–H groups in total. The zero-order valence-electron chi connectivity index (χ0n) is 9.81. The Morgan fingerprint density at radius 1 is 1.50 bits per heavy atom. The van der Waals surface area contributed by atoms with Crippen LogP contribution < -0.4 is 5.32 Å². The van der Waals surface area contributed by atoms with Crippen molar-refractivity contribution in [3.63, 3.8) is 0 Å². The lowest BCUT2D eigenvalue weighted by Gasteiger charge is -2.11. The summed E-state index contributed by atoms with van der Waals surface area (Å²) in [6, 6.07) is 2.16. The molecule has 0 saturated heterocycles. The van der Waals surface area contributed by atoms with Crippen LogP contribution in [-0.4, -0.2) is 13.1 Å². The molecule has 0 saturated carbocycles. The predicted octanol–water partition coefficient (Wildman–Crippen LogP) is 4.92. The van der Waals surface area contributed by atoms with Crippen molar-refractivity contribution in [2.24, 2.45) is 5.92 Å². The van der Waals surface area contributed by atoms with E-state index >= 15 is 0 Å². The van der Waals surface area contributed by atoms with E-state index in [1.165, 1.54) is 10.5 Å². The number of thiophene rings is 1. The highest BCUT2D eigenvalue weighted by molar-refractivity contribution is 9.13. The molecule has 0 fully saturated rings. The first-order valence-corrected chi connectivity index (χ1v) is 7.80. The van der Waals surface area contributed by atoms with Crippen LogP contribution in [0.25, 0.3) is 6.08 Å². The first-order chi connectivity index (χ1) is 7.54. The molecule has 0 atom stereocenters. The van der Waals surface area contributed by atoms with E-state index < -0.39 is 0 Å². The Kier molecular flexibility index (Phi) is 6.26. The van der Waals surface area contributed by atoms with Gasteiger partial charge in [0.1, 0.15) is 0 Å². The van der Waals surface area contributed by atoms with E-state index in [1.807, 2.05) is 0 Å². The maximum atomic E-state index is 3.52. The summed E-state index contributed by atoms with van der Waals surface area (Å²) in [6.07, 6.45) is 2.29. The maximum absolute atomic E-state index is 3.52. The predicted molar refractivity (Wildman–Crippen MR) is 81.1 cm³/mol. The Balaban J connectivity index is 2.84. The Bertz CT molecular complexity index is 350. The molecule has 0 radical (unpaired) electrons. The van der Waals surface area contributed by atoms with Gasteiger partial charge in [-0.15, -0.1) is 11.3 Å². The summed E-state index contributed by atoms with van der Waals surface area (Å²) in [7, 11) is 0. The second-order valence-electron chi connectivity index (χ2n) is 3.92. The van der Waals surface area contributed by atoms with E-state index in [-0.39, 0.29) is 0 Å². The Morgan fingerprint density at radius 2 is 2.19 bits per heavy atom. The van der Waals surface area contributed by atoms with Gasteiger partial charge in [0.05, 0.1) is 3.79 Å². The molecule has 0 aliphatic rings. The van der Waals surface area contributed by atoms with E-state index in [9.17, 15) is 0 Å². The van der Waals surface area contributed by atoms with Crippen molar-refractivity contribution in [1.29, 1.82) is 0 Å². The van der Waals surface area contributed by atoms with Crippen LogP contribution in [0.4, 0.5) is 0 Å². The second-order valence-corrected chi connectivity index (χ2v) is 7.18. The van der Waals surface area contributed by atoms with Gasteiger partial charge in [-0.2, -0.15) is 0 Å². The Morgan fingerprint density at radius 3 is 2.62 bits per heavy atom. The van der Waals surface area contributed by atoms with Crippen molar-refractivity contribution in [3.05, 3.63) is 24.8 Å². The number of halogens is 2. The lowest BCUT2D eigenvalue weighted by Crippen LogP contribution is -2.18. The molecule has 0 aromatic carbocycles. The average Bonchev–Trinajstić information content (AvgIpc) is 2.52. The van der Waals surface area contributed by atoms with E-state index in [1.54, 1.807) is 11.3 Å². The number of nitrogens with one attached hydrogen (secondary N) is 1. The SMILES string of the molecule is CCNCC(=Cc1cc(Br)c(Br)s1)C(C)C. The summed E-state index contributed by atoms with van der Waals surface area (Å²) in [6.45, 7) is 8.60. The minimum absolute atomic E-state index is 0.582. The molecule has 0 unspecified atom stereocenters. The van der Waals surface area contributed by atoms with Crippen LogP contribution in [-0.2, 0) is 0 Å². The van der Waals surface area contributed by atoms with Gasteiger partial charge in [0.15, 0.2) is 0 Å². The van der Waals surface area contributed by atoms with Crippen molar-refractivity contribution in [2.45, 2.75) is 20.8 Å². The molecule has 0 spiro atoms. The maximum Gasteiger partial charge on any atom is 0.0846 e. The highest BCUT2D eigenvalue weighted by Crippen LogP contribution is 2.33. The van der Waals surface area contributed by atoms with Crippen LogP contribution in [0, 0.1) is 5.92 Å². The smallest absolute Gasteiger partial charge is 0.0846 e. The second kappa shape index (κ2) is 6.94. The quantitative estimate of drug-likeness (QED) is 0.779. The van der Waals surface area contributed by atoms with Gasteiger partial charge in [-0.25, -0.2) is 0 Å². The summed E-state index contributed by atoms with van der Waals surface area (Å²) in [5, 5.41) is 3.38. The first kappa shape index (κ1) is 14.4.